The van der Waals surface area contributed by atoms with Crippen LogP contribution in [0.1, 0.15) is 37.8 Å². The Morgan fingerprint density at radius 2 is 1.07 bits per heavy atom. The number of hydrogen-bond donors (Lipinski definition) is 0. The van der Waals surface area contributed by atoms with E-state index in [0.717, 1.165) is 12.8 Å². The molecule has 0 aliphatic heterocycles. The molecule has 0 saturated carbocycles. The molecule has 0 heterocycles. The molecule has 1 aliphatic rings. The van der Waals surface area contributed by atoms with Crippen molar-refractivity contribution in [3.05, 3.63) is 114 Å². The molecule has 0 N–H and O–H groups in total. The van der Waals surface area contributed by atoms with Gasteiger partial charge in [0.15, 0.2) is 0 Å². The number of para-hydroxylation sites is 2. The molecule has 0 amide bonds. The van der Waals surface area contributed by atoms with Crippen LogP contribution in [0, 0.1) is 0 Å². The predicted molar refractivity (Wildman–Crippen MR) is 128 cm³/mol. The summed E-state index contributed by atoms with van der Waals surface area (Å²) in [5, 5.41) is 0. The average molecular weight is 390 g/mol. The lowest BCUT2D eigenvalue weighted by molar-refractivity contribution is 0.490. The summed E-state index contributed by atoms with van der Waals surface area (Å²) in [5.74, 6) is 0. The van der Waals surface area contributed by atoms with Crippen molar-refractivity contribution in [2.24, 2.45) is 0 Å². The van der Waals surface area contributed by atoms with Crippen molar-refractivity contribution >= 4 is 17.1 Å². The van der Waals surface area contributed by atoms with Gasteiger partial charge < -0.3 is 4.90 Å². The van der Waals surface area contributed by atoms with E-state index >= 15 is 0 Å². The maximum absolute atomic E-state index is 2.43. The van der Waals surface area contributed by atoms with Gasteiger partial charge in [0.1, 0.15) is 0 Å². The zero-order valence-electron chi connectivity index (χ0n) is 17.7. The molecule has 30 heavy (non-hydrogen) atoms. The Kier molecular flexibility index (Phi) is 4.67. The van der Waals surface area contributed by atoms with Gasteiger partial charge >= 0.3 is 0 Å². The maximum Gasteiger partial charge on any atom is 0.0465 e. The number of hydrogen-bond acceptors (Lipinski definition) is 1. The van der Waals surface area contributed by atoms with E-state index in [9.17, 15) is 0 Å². The van der Waals surface area contributed by atoms with Gasteiger partial charge in [0.25, 0.3) is 0 Å². The van der Waals surface area contributed by atoms with Gasteiger partial charge in [-0.3, -0.25) is 0 Å². The van der Waals surface area contributed by atoms with Crippen LogP contribution < -0.4 is 4.90 Å². The number of fused-ring (bicyclic) bond motifs is 3. The van der Waals surface area contributed by atoms with E-state index in [4.69, 9.17) is 0 Å². The van der Waals surface area contributed by atoms with Gasteiger partial charge in [0.2, 0.25) is 0 Å². The number of nitrogens with zero attached hydrogens (tertiary/aromatic N) is 1. The van der Waals surface area contributed by atoms with Crippen molar-refractivity contribution < 1.29 is 0 Å². The van der Waals surface area contributed by atoms with E-state index in [-0.39, 0.29) is 5.41 Å². The van der Waals surface area contributed by atoms with Crippen LogP contribution in [0.25, 0.3) is 11.1 Å². The lowest BCUT2D eigenvalue weighted by atomic mass is 9.74. The van der Waals surface area contributed by atoms with E-state index < -0.39 is 0 Å². The molecule has 148 valence electrons. The Balaban J connectivity index is 1.73. The number of benzene rings is 4. The number of rotatable bonds is 5. The van der Waals surface area contributed by atoms with Crippen LogP contribution in [0.5, 0.6) is 0 Å². The minimum atomic E-state index is 0.0843. The van der Waals surface area contributed by atoms with Crippen molar-refractivity contribution in [1.82, 2.24) is 0 Å². The second kappa shape index (κ2) is 7.50. The summed E-state index contributed by atoms with van der Waals surface area (Å²) in [6.07, 6.45) is 2.21. The Labute approximate surface area is 179 Å². The minimum absolute atomic E-state index is 0.0843. The molecule has 0 bridgehead atoms. The number of anilines is 3. The fraction of sp³-hybridized carbons (Fsp3) is 0.172. The normalized spacial score (nSPS) is 13.5. The molecular weight excluding hydrogens is 362 g/mol. The molecule has 0 fully saturated rings. The monoisotopic (exact) mass is 389 g/mol. The zero-order valence-corrected chi connectivity index (χ0v) is 17.7. The van der Waals surface area contributed by atoms with Gasteiger partial charge in [-0.25, -0.2) is 0 Å². The average Bonchev–Trinajstić information content (AvgIpc) is 3.10. The summed E-state index contributed by atoms with van der Waals surface area (Å²) in [7, 11) is 0. The van der Waals surface area contributed by atoms with Crippen LogP contribution in [-0.2, 0) is 5.41 Å². The highest BCUT2D eigenvalue weighted by atomic mass is 15.1. The Hall–Kier alpha value is -3.32. The van der Waals surface area contributed by atoms with E-state index in [1.807, 2.05) is 0 Å². The quantitative estimate of drug-likeness (QED) is 0.332. The third-order valence-corrected chi connectivity index (χ3v) is 6.75. The molecule has 4 aromatic carbocycles. The summed E-state index contributed by atoms with van der Waals surface area (Å²) in [6, 6.07) is 37.3. The van der Waals surface area contributed by atoms with Gasteiger partial charge in [-0.2, -0.15) is 0 Å². The van der Waals surface area contributed by atoms with Crippen molar-refractivity contribution in [1.29, 1.82) is 0 Å². The van der Waals surface area contributed by atoms with Gasteiger partial charge in [-0.1, -0.05) is 80.6 Å². The highest BCUT2D eigenvalue weighted by Crippen LogP contribution is 2.53. The van der Waals surface area contributed by atoms with E-state index in [1.54, 1.807) is 0 Å². The highest BCUT2D eigenvalue weighted by Gasteiger charge is 2.40. The topological polar surface area (TPSA) is 3.24 Å². The molecule has 0 aromatic heterocycles. The van der Waals surface area contributed by atoms with Gasteiger partial charge in [-0.05, 0) is 71.5 Å². The molecule has 0 saturated heterocycles. The first-order valence-electron chi connectivity index (χ1n) is 10.9. The minimum Gasteiger partial charge on any atom is -0.310 e. The van der Waals surface area contributed by atoms with Gasteiger partial charge in [0, 0.05) is 22.5 Å². The van der Waals surface area contributed by atoms with Gasteiger partial charge in [-0.15, -0.1) is 0 Å². The zero-order chi connectivity index (χ0) is 20.6. The molecule has 4 aromatic rings. The summed E-state index contributed by atoms with van der Waals surface area (Å²) in [4.78, 5) is 2.36. The van der Waals surface area contributed by atoms with Crippen molar-refractivity contribution in [3.63, 3.8) is 0 Å². The highest BCUT2D eigenvalue weighted by molar-refractivity contribution is 5.85. The second-order valence-electron chi connectivity index (χ2n) is 8.07. The van der Waals surface area contributed by atoms with E-state index in [2.05, 4.69) is 122 Å². The predicted octanol–water partition coefficient (Wildman–Crippen LogP) is 8.24. The fourth-order valence-corrected chi connectivity index (χ4v) is 5.20. The fourth-order valence-electron chi connectivity index (χ4n) is 5.20. The van der Waals surface area contributed by atoms with Crippen molar-refractivity contribution in [2.45, 2.75) is 32.1 Å². The molecule has 0 spiro atoms. The molecule has 1 nitrogen and oxygen atoms in total. The lowest BCUT2D eigenvalue weighted by Gasteiger charge is -2.31. The Morgan fingerprint density at radius 3 is 1.67 bits per heavy atom. The lowest BCUT2D eigenvalue weighted by Crippen LogP contribution is -2.23. The standard InChI is InChI=1S/C29H27N/c1-3-29(4-2)27-18-12-11-17-25(27)26-20-19-24(21-28(26)29)30(22-13-7-5-8-14-22)23-15-9-6-10-16-23/h5-21H,3-4H2,1-2H3. The molecule has 5 rings (SSSR count). The maximum atomic E-state index is 2.43. The summed E-state index contributed by atoms with van der Waals surface area (Å²) >= 11 is 0. The smallest absolute Gasteiger partial charge is 0.0465 e. The summed E-state index contributed by atoms with van der Waals surface area (Å²) < 4.78 is 0. The molecule has 0 unspecified atom stereocenters. The third kappa shape index (κ3) is 2.77. The van der Waals surface area contributed by atoms with Crippen molar-refractivity contribution in [2.75, 3.05) is 4.90 Å². The summed E-state index contributed by atoms with van der Waals surface area (Å²) in [6.45, 7) is 4.66. The first-order chi connectivity index (χ1) is 14.8. The van der Waals surface area contributed by atoms with Crippen LogP contribution in [0.3, 0.4) is 0 Å². The van der Waals surface area contributed by atoms with Crippen LogP contribution in [0.4, 0.5) is 17.1 Å². The Bertz CT molecular complexity index is 1120. The molecule has 0 atom stereocenters. The third-order valence-electron chi connectivity index (χ3n) is 6.75. The Morgan fingerprint density at radius 1 is 0.533 bits per heavy atom. The molecule has 0 radical (unpaired) electrons. The molecular formula is C29H27N. The van der Waals surface area contributed by atoms with Crippen LogP contribution >= 0.6 is 0 Å². The summed E-state index contributed by atoms with van der Waals surface area (Å²) in [5.41, 5.74) is 9.38. The van der Waals surface area contributed by atoms with Crippen molar-refractivity contribution in [3.8, 4) is 11.1 Å². The molecule has 1 aliphatic carbocycles. The first-order valence-corrected chi connectivity index (χ1v) is 10.9. The van der Waals surface area contributed by atoms with Gasteiger partial charge in [0.05, 0.1) is 0 Å². The molecule has 1 heteroatoms. The second-order valence-corrected chi connectivity index (χ2v) is 8.07. The van der Waals surface area contributed by atoms with Crippen LogP contribution in [0.2, 0.25) is 0 Å². The van der Waals surface area contributed by atoms with Crippen LogP contribution in [0.15, 0.2) is 103 Å². The first kappa shape index (κ1) is 18.7. The largest absolute Gasteiger partial charge is 0.310 e. The van der Waals surface area contributed by atoms with E-state index in [1.165, 1.54) is 39.3 Å². The SMILES string of the molecule is CCC1(CC)c2ccccc2-c2ccc(N(c3ccccc3)c3ccccc3)cc21. The van der Waals surface area contributed by atoms with Crippen LogP contribution in [-0.4, -0.2) is 0 Å². The van der Waals surface area contributed by atoms with E-state index in [0.29, 0.717) is 0 Å².